The van der Waals surface area contributed by atoms with Gasteiger partial charge in [-0.25, -0.2) is 0 Å². The van der Waals surface area contributed by atoms with E-state index in [9.17, 15) is 5.11 Å². The number of aryl methyl sites for hydroxylation is 1. The normalized spacial score (nSPS) is 27.4. The van der Waals surface area contributed by atoms with Gasteiger partial charge in [0, 0.05) is 5.39 Å². The zero-order valence-corrected chi connectivity index (χ0v) is 12.6. The maximum absolute atomic E-state index is 11.2. The first-order valence-corrected chi connectivity index (χ1v) is 7.74. The first-order chi connectivity index (χ1) is 9.50. The van der Waals surface area contributed by atoms with Crippen molar-refractivity contribution >= 4 is 11.0 Å². The molecule has 2 unspecified atom stereocenters. The lowest BCUT2D eigenvalue weighted by molar-refractivity contribution is -0.0862. The van der Waals surface area contributed by atoms with Crippen LogP contribution in [0.5, 0.6) is 0 Å². The van der Waals surface area contributed by atoms with Gasteiger partial charge in [0.05, 0.1) is 0 Å². The lowest BCUT2D eigenvalue weighted by atomic mass is 9.69. The fourth-order valence-corrected chi connectivity index (χ4v) is 3.75. The van der Waals surface area contributed by atoms with Crippen molar-refractivity contribution in [1.29, 1.82) is 0 Å². The SMILES string of the molecule is Cc1ccc2oc(C3(O)CCCCC3C(C)C)cc2c1. The van der Waals surface area contributed by atoms with E-state index in [2.05, 4.69) is 32.9 Å². The molecule has 1 saturated carbocycles. The number of fused-ring (bicyclic) bond motifs is 1. The molecule has 1 aliphatic carbocycles. The molecule has 0 bridgehead atoms. The van der Waals surface area contributed by atoms with Crippen molar-refractivity contribution in [2.45, 2.75) is 52.1 Å². The summed E-state index contributed by atoms with van der Waals surface area (Å²) in [5, 5.41) is 12.3. The predicted octanol–water partition coefficient (Wildman–Crippen LogP) is 4.78. The average Bonchev–Trinajstić information content (AvgIpc) is 2.82. The van der Waals surface area contributed by atoms with Crippen molar-refractivity contribution in [1.82, 2.24) is 0 Å². The van der Waals surface area contributed by atoms with Crippen LogP contribution in [0.15, 0.2) is 28.7 Å². The van der Waals surface area contributed by atoms with E-state index in [1.165, 1.54) is 12.0 Å². The first-order valence-electron chi connectivity index (χ1n) is 7.74. The van der Waals surface area contributed by atoms with Crippen LogP contribution in [0.2, 0.25) is 0 Å². The predicted molar refractivity (Wildman–Crippen MR) is 81.6 cm³/mol. The van der Waals surface area contributed by atoms with Crippen LogP contribution < -0.4 is 0 Å². The molecule has 2 nitrogen and oxygen atoms in total. The molecule has 2 heteroatoms. The average molecular weight is 272 g/mol. The summed E-state index contributed by atoms with van der Waals surface area (Å²) < 4.78 is 6.00. The molecule has 0 spiro atoms. The monoisotopic (exact) mass is 272 g/mol. The number of hydrogen-bond acceptors (Lipinski definition) is 2. The number of aliphatic hydroxyl groups is 1. The maximum Gasteiger partial charge on any atom is 0.137 e. The second-order valence-corrected chi connectivity index (χ2v) is 6.67. The van der Waals surface area contributed by atoms with Crippen LogP contribution in [0.25, 0.3) is 11.0 Å². The highest BCUT2D eigenvalue weighted by molar-refractivity contribution is 5.78. The number of rotatable bonds is 2. The largest absolute Gasteiger partial charge is 0.458 e. The van der Waals surface area contributed by atoms with Crippen LogP contribution in [-0.2, 0) is 5.60 Å². The van der Waals surface area contributed by atoms with E-state index in [4.69, 9.17) is 4.42 Å². The van der Waals surface area contributed by atoms with E-state index in [0.717, 1.165) is 36.0 Å². The highest BCUT2D eigenvalue weighted by Crippen LogP contribution is 2.46. The lowest BCUT2D eigenvalue weighted by Gasteiger charge is -2.40. The molecule has 0 amide bonds. The van der Waals surface area contributed by atoms with Gasteiger partial charge in [0.1, 0.15) is 16.9 Å². The lowest BCUT2D eigenvalue weighted by Crippen LogP contribution is -2.40. The molecule has 108 valence electrons. The van der Waals surface area contributed by atoms with Crippen LogP contribution in [0.4, 0.5) is 0 Å². The molecule has 3 rings (SSSR count). The summed E-state index contributed by atoms with van der Waals surface area (Å²) in [6, 6.07) is 8.23. The number of benzene rings is 1. The van der Waals surface area contributed by atoms with Crippen molar-refractivity contribution in [3.63, 3.8) is 0 Å². The second-order valence-electron chi connectivity index (χ2n) is 6.67. The Balaban J connectivity index is 2.06. The topological polar surface area (TPSA) is 33.4 Å². The van der Waals surface area contributed by atoms with Gasteiger partial charge in [-0.1, -0.05) is 38.3 Å². The van der Waals surface area contributed by atoms with Gasteiger partial charge in [-0.2, -0.15) is 0 Å². The summed E-state index contributed by atoms with van der Waals surface area (Å²) in [5.74, 6) is 1.52. The first kappa shape index (κ1) is 13.7. The Hall–Kier alpha value is -1.28. The Morgan fingerprint density at radius 3 is 2.80 bits per heavy atom. The highest BCUT2D eigenvalue weighted by Gasteiger charge is 2.44. The Morgan fingerprint density at radius 1 is 1.25 bits per heavy atom. The Bertz CT molecular complexity index is 611. The van der Waals surface area contributed by atoms with Gasteiger partial charge in [0.2, 0.25) is 0 Å². The van der Waals surface area contributed by atoms with Gasteiger partial charge in [-0.05, 0) is 49.8 Å². The molecular formula is C18H24O2. The molecule has 1 aromatic heterocycles. The molecule has 20 heavy (non-hydrogen) atoms. The molecule has 0 radical (unpaired) electrons. The zero-order chi connectivity index (χ0) is 14.3. The summed E-state index contributed by atoms with van der Waals surface area (Å²) in [4.78, 5) is 0. The van der Waals surface area contributed by atoms with E-state index in [1.807, 2.05) is 12.1 Å². The van der Waals surface area contributed by atoms with Crippen molar-refractivity contribution in [3.05, 3.63) is 35.6 Å². The molecule has 2 aromatic rings. The summed E-state index contributed by atoms with van der Waals surface area (Å²) in [6.07, 6.45) is 4.19. The van der Waals surface area contributed by atoms with Gasteiger partial charge >= 0.3 is 0 Å². The highest BCUT2D eigenvalue weighted by atomic mass is 16.4. The third-order valence-electron chi connectivity index (χ3n) is 4.84. The Labute approximate surface area is 120 Å². The minimum Gasteiger partial charge on any atom is -0.458 e. The van der Waals surface area contributed by atoms with E-state index < -0.39 is 5.60 Å². The minimum atomic E-state index is -0.792. The quantitative estimate of drug-likeness (QED) is 0.854. The Morgan fingerprint density at radius 2 is 2.05 bits per heavy atom. The van der Waals surface area contributed by atoms with Crippen LogP contribution in [-0.4, -0.2) is 5.11 Å². The molecule has 0 saturated heterocycles. The zero-order valence-electron chi connectivity index (χ0n) is 12.6. The van der Waals surface area contributed by atoms with Gasteiger partial charge in [0.15, 0.2) is 0 Å². The van der Waals surface area contributed by atoms with Gasteiger partial charge < -0.3 is 9.52 Å². The molecule has 1 aromatic carbocycles. The van der Waals surface area contributed by atoms with Crippen LogP contribution in [0, 0.1) is 18.8 Å². The van der Waals surface area contributed by atoms with Gasteiger partial charge in [-0.15, -0.1) is 0 Å². The van der Waals surface area contributed by atoms with Gasteiger partial charge in [0.25, 0.3) is 0 Å². The smallest absolute Gasteiger partial charge is 0.137 e. The van der Waals surface area contributed by atoms with E-state index >= 15 is 0 Å². The van der Waals surface area contributed by atoms with Crippen molar-refractivity contribution < 1.29 is 9.52 Å². The van der Waals surface area contributed by atoms with Crippen LogP contribution in [0.3, 0.4) is 0 Å². The third kappa shape index (κ3) is 2.16. The summed E-state index contributed by atoms with van der Waals surface area (Å²) in [7, 11) is 0. The van der Waals surface area contributed by atoms with Gasteiger partial charge in [-0.3, -0.25) is 0 Å². The number of hydrogen-bond donors (Lipinski definition) is 1. The van der Waals surface area contributed by atoms with E-state index in [1.54, 1.807) is 0 Å². The summed E-state index contributed by atoms with van der Waals surface area (Å²) in [6.45, 7) is 6.49. The van der Waals surface area contributed by atoms with Crippen molar-refractivity contribution in [2.24, 2.45) is 11.8 Å². The van der Waals surface area contributed by atoms with E-state index in [0.29, 0.717) is 5.92 Å². The maximum atomic E-state index is 11.2. The summed E-state index contributed by atoms with van der Waals surface area (Å²) in [5.41, 5.74) is 1.31. The summed E-state index contributed by atoms with van der Waals surface area (Å²) >= 11 is 0. The Kier molecular flexibility index (Phi) is 3.37. The minimum absolute atomic E-state index is 0.290. The third-order valence-corrected chi connectivity index (χ3v) is 4.84. The van der Waals surface area contributed by atoms with Crippen LogP contribution >= 0.6 is 0 Å². The van der Waals surface area contributed by atoms with Crippen molar-refractivity contribution in [3.8, 4) is 0 Å². The number of furan rings is 1. The molecule has 1 aliphatic rings. The second kappa shape index (κ2) is 4.92. The van der Waals surface area contributed by atoms with E-state index in [-0.39, 0.29) is 5.92 Å². The molecular weight excluding hydrogens is 248 g/mol. The molecule has 1 N–H and O–H groups in total. The fraction of sp³-hybridized carbons (Fsp3) is 0.556. The molecule has 1 heterocycles. The molecule has 1 fully saturated rings. The molecule has 2 atom stereocenters. The standard InChI is InChI=1S/C18H24O2/c1-12(2)15-6-4-5-9-18(15,19)17-11-14-10-13(3)7-8-16(14)20-17/h7-8,10-12,15,19H,4-6,9H2,1-3H3. The fourth-order valence-electron chi connectivity index (χ4n) is 3.75. The van der Waals surface area contributed by atoms with Crippen molar-refractivity contribution in [2.75, 3.05) is 0 Å². The van der Waals surface area contributed by atoms with Crippen LogP contribution in [0.1, 0.15) is 50.9 Å². The molecule has 0 aliphatic heterocycles.